The maximum Gasteiger partial charge on any atom is 0.326 e. The van der Waals surface area contributed by atoms with Crippen molar-refractivity contribution in [3.8, 4) is 5.75 Å². The summed E-state index contributed by atoms with van der Waals surface area (Å²) in [6.45, 7) is 1.64. The van der Waals surface area contributed by atoms with Gasteiger partial charge in [-0.3, -0.25) is 19.3 Å². The van der Waals surface area contributed by atoms with Gasteiger partial charge in [0, 0.05) is 20.0 Å². The van der Waals surface area contributed by atoms with Crippen LogP contribution in [0.15, 0.2) is 18.2 Å². The fraction of sp³-hybridized carbons (Fsp3) is 0.444. The zero-order chi connectivity index (χ0) is 20.0. The maximum atomic E-state index is 12.0. The predicted octanol–water partition coefficient (Wildman–Crippen LogP) is 1.16. The van der Waals surface area contributed by atoms with Gasteiger partial charge in [0.1, 0.15) is 12.3 Å². The highest BCUT2D eigenvalue weighted by Crippen LogP contribution is 2.25. The number of methoxy groups -OCH3 is 1. The quantitative estimate of drug-likeness (QED) is 0.538. The second-order valence-electron chi connectivity index (χ2n) is 6.20. The van der Waals surface area contributed by atoms with Gasteiger partial charge in [-0.25, -0.2) is 4.79 Å². The molecule has 1 aliphatic heterocycles. The summed E-state index contributed by atoms with van der Waals surface area (Å²) in [5.41, 5.74) is 1.44. The average molecular weight is 377 g/mol. The van der Waals surface area contributed by atoms with Crippen LogP contribution in [0.4, 0.5) is 10.5 Å². The normalized spacial score (nSPS) is 13.7. The molecule has 0 unspecified atom stereocenters. The van der Waals surface area contributed by atoms with E-state index in [9.17, 15) is 19.2 Å². The second kappa shape index (κ2) is 9.02. The van der Waals surface area contributed by atoms with Gasteiger partial charge in [0.05, 0.1) is 12.8 Å². The van der Waals surface area contributed by atoms with Gasteiger partial charge in [-0.2, -0.15) is 0 Å². The third kappa shape index (κ3) is 5.44. The topological polar surface area (TPSA) is 105 Å². The molecular weight excluding hydrogens is 354 g/mol. The summed E-state index contributed by atoms with van der Waals surface area (Å²) in [5, 5.41) is 2.63. The fourth-order valence-corrected chi connectivity index (χ4v) is 2.59. The summed E-state index contributed by atoms with van der Waals surface area (Å²) < 4.78 is 10.1. The van der Waals surface area contributed by atoms with E-state index < -0.39 is 18.5 Å². The van der Waals surface area contributed by atoms with Crippen molar-refractivity contribution in [1.29, 1.82) is 0 Å². The van der Waals surface area contributed by atoms with Crippen LogP contribution in [0.2, 0.25) is 0 Å². The molecule has 1 fully saturated rings. The molecule has 146 valence electrons. The van der Waals surface area contributed by atoms with Crippen molar-refractivity contribution in [1.82, 2.24) is 9.80 Å². The summed E-state index contributed by atoms with van der Waals surface area (Å²) in [6.07, 6.45) is 0.277. The summed E-state index contributed by atoms with van der Waals surface area (Å²) >= 11 is 0. The van der Waals surface area contributed by atoms with Crippen molar-refractivity contribution in [3.05, 3.63) is 23.8 Å². The van der Waals surface area contributed by atoms with Crippen LogP contribution in [0, 0.1) is 6.92 Å². The Morgan fingerprint density at radius 1 is 1.26 bits per heavy atom. The van der Waals surface area contributed by atoms with Crippen molar-refractivity contribution in [3.63, 3.8) is 0 Å². The minimum absolute atomic E-state index is 0.00181. The SMILES string of the molecule is COc1ccc(C)cc1NC(=O)COC(=O)CCCN1C(=O)CN(C)C1=O. The minimum Gasteiger partial charge on any atom is -0.495 e. The lowest BCUT2D eigenvalue weighted by molar-refractivity contribution is -0.147. The van der Waals surface area contributed by atoms with Crippen LogP contribution < -0.4 is 10.1 Å². The number of ether oxygens (including phenoxy) is 2. The number of likely N-dealkylation sites (N-methyl/N-ethyl adjacent to an activating group) is 1. The van der Waals surface area contributed by atoms with Crippen LogP contribution in [0.25, 0.3) is 0 Å². The van der Waals surface area contributed by atoms with E-state index in [4.69, 9.17) is 9.47 Å². The molecule has 1 aliphatic rings. The van der Waals surface area contributed by atoms with Crippen LogP contribution in [0.3, 0.4) is 0 Å². The highest BCUT2D eigenvalue weighted by atomic mass is 16.5. The second-order valence-corrected chi connectivity index (χ2v) is 6.20. The molecule has 2 rings (SSSR count). The van der Waals surface area contributed by atoms with Gasteiger partial charge >= 0.3 is 12.0 Å². The Kier molecular flexibility index (Phi) is 6.75. The number of benzene rings is 1. The molecule has 1 saturated heterocycles. The number of rotatable bonds is 8. The lowest BCUT2D eigenvalue weighted by Crippen LogP contribution is -2.32. The minimum atomic E-state index is -0.575. The van der Waals surface area contributed by atoms with Crippen LogP contribution >= 0.6 is 0 Å². The summed E-state index contributed by atoms with van der Waals surface area (Å²) in [4.78, 5) is 49.4. The van der Waals surface area contributed by atoms with Gasteiger partial charge in [-0.1, -0.05) is 6.07 Å². The molecule has 1 N–H and O–H groups in total. The van der Waals surface area contributed by atoms with E-state index in [2.05, 4.69) is 5.32 Å². The summed E-state index contributed by atoms with van der Waals surface area (Å²) in [6, 6.07) is 4.96. The Balaban J connectivity index is 1.72. The molecule has 9 heteroatoms. The summed E-state index contributed by atoms with van der Waals surface area (Å²) in [5.74, 6) is -0.847. The van der Waals surface area contributed by atoms with Crippen molar-refractivity contribution in [2.45, 2.75) is 19.8 Å². The monoisotopic (exact) mass is 377 g/mol. The van der Waals surface area contributed by atoms with E-state index in [1.54, 1.807) is 12.1 Å². The van der Waals surface area contributed by atoms with Crippen LogP contribution in [0.1, 0.15) is 18.4 Å². The van der Waals surface area contributed by atoms with Gasteiger partial charge in [-0.05, 0) is 31.0 Å². The zero-order valence-corrected chi connectivity index (χ0v) is 15.6. The molecule has 1 aromatic carbocycles. The number of hydrogen-bond donors (Lipinski definition) is 1. The fourth-order valence-electron chi connectivity index (χ4n) is 2.59. The molecule has 0 spiro atoms. The number of nitrogens with one attached hydrogen (secondary N) is 1. The largest absolute Gasteiger partial charge is 0.495 e. The molecule has 0 saturated carbocycles. The third-order valence-electron chi connectivity index (χ3n) is 3.99. The van der Waals surface area contributed by atoms with E-state index in [0.29, 0.717) is 11.4 Å². The van der Waals surface area contributed by atoms with Crippen LogP contribution in [0.5, 0.6) is 5.75 Å². The van der Waals surface area contributed by atoms with Gasteiger partial charge in [0.15, 0.2) is 6.61 Å². The Morgan fingerprint density at radius 3 is 2.63 bits per heavy atom. The lowest BCUT2D eigenvalue weighted by Gasteiger charge is -2.13. The molecule has 1 aromatic rings. The number of hydrogen-bond acceptors (Lipinski definition) is 6. The number of amides is 4. The van der Waals surface area contributed by atoms with Crippen molar-refractivity contribution in [2.75, 3.05) is 39.2 Å². The molecule has 1 heterocycles. The number of esters is 1. The molecule has 4 amide bonds. The van der Waals surface area contributed by atoms with E-state index in [1.807, 2.05) is 13.0 Å². The van der Waals surface area contributed by atoms with Gasteiger partial charge in [0.2, 0.25) is 5.91 Å². The standard InChI is InChI=1S/C18H23N3O6/c1-12-6-7-14(26-3)13(9-12)19-15(22)11-27-17(24)5-4-8-21-16(23)10-20(2)18(21)25/h6-7,9H,4-5,8,10-11H2,1-3H3,(H,19,22). The average Bonchev–Trinajstić information content (AvgIpc) is 2.86. The first-order valence-corrected chi connectivity index (χ1v) is 8.47. The highest BCUT2D eigenvalue weighted by Gasteiger charge is 2.32. The highest BCUT2D eigenvalue weighted by molar-refractivity contribution is 6.01. The Morgan fingerprint density at radius 2 is 2.00 bits per heavy atom. The number of imide groups is 1. The number of urea groups is 1. The first-order valence-electron chi connectivity index (χ1n) is 8.47. The van der Waals surface area contributed by atoms with Crippen LogP contribution in [-0.4, -0.2) is 67.5 Å². The Labute approximate surface area is 157 Å². The molecule has 0 radical (unpaired) electrons. The molecule has 0 aromatic heterocycles. The molecule has 0 bridgehead atoms. The number of carbonyl (C=O) groups excluding carboxylic acids is 4. The van der Waals surface area contributed by atoms with Gasteiger partial charge < -0.3 is 19.7 Å². The van der Waals surface area contributed by atoms with Crippen molar-refractivity contribution < 1.29 is 28.7 Å². The zero-order valence-electron chi connectivity index (χ0n) is 15.6. The molecule has 0 aliphatic carbocycles. The van der Waals surface area contributed by atoms with E-state index in [-0.39, 0.29) is 37.9 Å². The number of anilines is 1. The van der Waals surface area contributed by atoms with Crippen molar-refractivity contribution in [2.24, 2.45) is 0 Å². The lowest BCUT2D eigenvalue weighted by atomic mass is 10.2. The Bertz CT molecular complexity index is 749. The van der Waals surface area contributed by atoms with E-state index in [0.717, 1.165) is 10.5 Å². The van der Waals surface area contributed by atoms with Crippen LogP contribution in [-0.2, 0) is 19.1 Å². The van der Waals surface area contributed by atoms with E-state index >= 15 is 0 Å². The van der Waals surface area contributed by atoms with Gasteiger partial charge in [0.25, 0.3) is 5.91 Å². The molecule has 0 atom stereocenters. The molecule has 9 nitrogen and oxygen atoms in total. The smallest absolute Gasteiger partial charge is 0.326 e. The van der Waals surface area contributed by atoms with Crippen molar-refractivity contribution >= 4 is 29.5 Å². The number of nitrogens with zero attached hydrogens (tertiary/aromatic N) is 2. The summed E-state index contributed by atoms with van der Waals surface area (Å²) in [7, 11) is 3.03. The number of carbonyl (C=O) groups is 4. The van der Waals surface area contributed by atoms with Gasteiger partial charge in [-0.15, -0.1) is 0 Å². The predicted molar refractivity (Wildman–Crippen MR) is 96.3 cm³/mol. The first-order chi connectivity index (χ1) is 12.8. The Hall–Kier alpha value is -3.10. The molecule has 27 heavy (non-hydrogen) atoms. The van der Waals surface area contributed by atoms with E-state index in [1.165, 1.54) is 19.1 Å². The first kappa shape index (κ1) is 20.2. The number of aryl methyl sites for hydroxylation is 1. The third-order valence-corrected chi connectivity index (χ3v) is 3.99. The molecular formula is C18H23N3O6. The maximum absolute atomic E-state index is 12.0.